The summed E-state index contributed by atoms with van der Waals surface area (Å²) in [5, 5.41) is 14.9. The van der Waals surface area contributed by atoms with E-state index in [0.29, 0.717) is 22.7 Å². The number of oxazole rings is 1. The van der Waals surface area contributed by atoms with Crippen molar-refractivity contribution in [1.82, 2.24) is 14.8 Å². The van der Waals surface area contributed by atoms with Crippen LogP contribution >= 0.6 is 0 Å². The van der Waals surface area contributed by atoms with Crippen LogP contribution in [0.15, 0.2) is 77.2 Å². The van der Waals surface area contributed by atoms with Gasteiger partial charge in [-0.25, -0.2) is 14.5 Å². The first-order valence-corrected chi connectivity index (χ1v) is 13.5. The number of alkyl halides is 3. The topological polar surface area (TPSA) is 111 Å². The van der Waals surface area contributed by atoms with Crippen molar-refractivity contribution >= 4 is 28.7 Å². The zero-order valence-electron chi connectivity index (χ0n) is 24.5. The lowest BCUT2D eigenvalue weighted by atomic mass is 10.0. The molecule has 0 aliphatic rings. The normalized spacial score (nSPS) is 12.8. The average Bonchev–Trinajstić information content (AvgIpc) is 3.58. The molecule has 0 saturated carbocycles. The Kier molecular flexibility index (Phi) is 7.81. The van der Waals surface area contributed by atoms with Gasteiger partial charge in [0.2, 0.25) is 0 Å². The molecule has 5 aromatic rings. The number of hydrogen-bond acceptors (Lipinski definition) is 7. The second-order valence-corrected chi connectivity index (χ2v) is 11.2. The maximum Gasteiger partial charge on any atom is 0.435 e. The molecule has 1 N–H and O–H groups in total. The molecule has 0 radical (unpaired) electrons. The number of benzene rings is 3. The number of aryl methyl sites for hydroxylation is 1. The number of halogens is 3. The number of anilines is 1. The van der Waals surface area contributed by atoms with Crippen molar-refractivity contribution < 1.29 is 37.0 Å². The highest BCUT2D eigenvalue weighted by Gasteiger charge is 2.36. The van der Waals surface area contributed by atoms with E-state index in [2.05, 4.69) is 10.1 Å². The molecule has 44 heavy (non-hydrogen) atoms. The predicted octanol–water partition coefficient (Wildman–Crippen LogP) is 6.65. The number of aromatic nitrogens is 3. The van der Waals surface area contributed by atoms with Crippen molar-refractivity contribution in [2.45, 2.75) is 45.6 Å². The Labute approximate surface area is 250 Å². The van der Waals surface area contributed by atoms with E-state index >= 15 is 0 Å². The van der Waals surface area contributed by atoms with Gasteiger partial charge in [-0.2, -0.15) is 18.3 Å². The minimum atomic E-state index is -4.80. The maximum atomic E-state index is 13.8. The summed E-state index contributed by atoms with van der Waals surface area (Å²) in [4.78, 5) is 31.4. The number of hydrogen-bond donors (Lipinski definition) is 1. The summed E-state index contributed by atoms with van der Waals surface area (Å²) in [5.41, 5.74) is 0.267. The molecule has 9 nitrogen and oxygen atoms in total. The molecule has 0 bridgehead atoms. The third-order valence-corrected chi connectivity index (χ3v) is 6.68. The Morgan fingerprint density at radius 3 is 2.34 bits per heavy atom. The van der Waals surface area contributed by atoms with Crippen molar-refractivity contribution in [2.24, 2.45) is 0 Å². The van der Waals surface area contributed by atoms with Crippen molar-refractivity contribution in [3.8, 4) is 5.69 Å². The largest absolute Gasteiger partial charge is 0.456 e. The number of fused-ring (bicyclic) bond motifs is 1. The molecule has 0 fully saturated rings. The smallest absolute Gasteiger partial charge is 0.435 e. The molecule has 0 aliphatic carbocycles. The van der Waals surface area contributed by atoms with Crippen LogP contribution in [0.4, 0.5) is 18.9 Å². The van der Waals surface area contributed by atoms with Gasteiger partial charge in [0.1, 0.15) is 17.2 Å². The van der Waals surface area contributed by atoms with E-state index in [0.717, 1.165) is 10.7 Å². The van der Waals surface area contributed by atoms with Crippen LogP contribution < -0.4 is 4.90 Å². The minimum absolute atomic E-state index is 0.125. The summed E-state index contributed by atoms with van der Waals surface area (Å²) in [6.45, 7) is 6.88. The number of esters is 1. The molecule has 2 aromatic heterocycles. The summed E-state index contributed by atoms with van der Waals surface area (Å²) < 4.78 is 53.2. The average molecular weight is 607 g/mol. The number of ether oxygens (including phenoxy) is 1. The Morgan fingerprint density at radius 2 is 1.68 bits per heavy atom. The number of aliphatic hydroxyl groups is 1. The molecule has 3 aromatic carbocycles. The molecular weight excluding hydrogens is 577 g/mol. The number of carbonyl (C=O) groups is 2. The fraction of sp³-hybridized carbons (Fsp3) is 0.250. The van der Waals surface area contributed by atoms with E-state index < -0.39 is 35.5 Å². The standard InChI is InChI=1S/C32H29F3N4O5/c1-18-36-24-14-13-22(16-26(24)43-18)38(5)29(41)21-7-6-8-23(15-21)39-25(17-27(37-39)32(33,34)35)28(40)19-9-11-20(12-10-19)30(42)44-31(2,3)4/h6-17,28,40H,1-5H3. The fourth-order valence-electron chi connectivity index (χ4n) is 4.56. The van der Waals surface area contributed by atoms with Gasteiger partial charge in [-0.1, -0.05) is 18.2 Å². The molecule has 1 unspecified atom stereocenters. The van der Waals surface area contributed by atoms with E-state index in [1.807, 2.05) is 0 Å². The van der Waals surface area contributed by atoms with Gasteiger partial charge in [-0.05, 0) is 74.9 Å². The molecule has 0 spiro atoms. The highest BCUT2D eigenvalue weighted by atomic mass is 19.4. The van der Waals surface area contributed by atoms with Gasteiger partial charge < -0.3 is 19.2 Å². The maximum absolute atomic E-state index is 13.8. The molecule has 2 heterocycles. The van der Waals surface area contributed by atoms with Crippen LogP contribution in [0.5, 0.6) is 0 Å². The lowest BCUT2D eigenvalue weighted by molar-refractivity contribution is -0.141. The van der Waals surface area contributed by atoms with Crippen LogP contribution in [0.2, 0.25) is 0 Å². The van der Waals surface area contributed by atoms with Crippen molar-refractivity contribution in [3.05, 3.63) is 107 Å². The van der Waals surface area contributed by atoms with Gasteiger partial charge >= 0.3 is 12.1 Å². The first-order chi connectivity index (χ1) is 20.6. The minimum Gasteiger partial charge on any atom is -0.456 e. The predicted molar refractivity (Wildman–Crippen MR) is 156 cm³/mol. The highest BCUT2D eigenvalue weighted by molar-refractivity contribution is 6.06. The summed E-state index contributed by atoms with van der Waals surface area (Å²) in [6, 6.07) is 17.5. The highest BCUT2D eigenvalue weighted by Crippen LogP contribution is 2.34. The first kappa shape index (κ1) is 30.5. The van der Waals surface area contributed by atoms with Crippen LogP contribution in [0.3, 0.4) is 0 Å². The van der Waals surface area contributed by atoms with Gasteiger partial charge in [0, 0.05) is 31.3 Å². The molecule has 12 heteroatoms. The summed E-state index contributed by atoms with van der Waals surface area (Å²) >= 11 is 0. The van der Waals surface area contributed by atoms with E-state index in [1.54, 1.807) is 52.9 Å². The third kappa shape index (κ3) is 6.35. The van der Waals surface area contributed by atoms with Crippen LogP contribution in [-0.4, -0.2) is 44.4 Å². The van der Waals surface area contributed by atoms with Crippen molar-refractivity contribution in [2.75, 3.05) is 11.9 Å². The van der Waals surface area contributed by atoms with Crippen LogP contribution in [0, 0.1) is 6.92 Å². The number of aliphatic hydroxyl groups excluding tert-OH is 1. The summed E-state index contributed by atoms with van der Waals surface area (Å²) in [6.07, 6.45) is -6.35. The summed E-state index contributed by atoms with van der Waals surface area (Å²) in [5.74, 6) is -0.538. The number of nitrogens with zero attached hydrogens (tertiary/aromatic N) is 4. The van der Waals surface area contributed by atoms with Gasteiger partial charge in [-0.3, -0.25) is 4.79 Å². The van der Waals surface area contributed by atoms with Crippen LogP contribution in [-0.2, 0) is 10.9 Å². The van der Waals surface area contributed by atoms with E-state index in [1.165, 1.54) is 53.4 Å². The first-order valence-electron chi connectivity index (χ1n) is 13.5. The SMILES string of the molecule is Cc1nc2ccc(N(C)C(=O)c3cccc(-n4nc(C(F)(F)F)cc4C(O)c4ccc(C(=O)OC(C)(C)C)cc4)c3)cc2o1. The van der Waals surface area contributed by atoms with Gasteiger partial charge in [-0.15, -0.1) is 0 Å². The number of amides is 1. The lowest BCUT2D eigenvalue weighted by Crippen LogP contribution is -2.26. The van der Waals surface area contributed by atoms with Crippen molar-refractivity contribution in [1.29, 1.82) is 0 Å². The Balaban J connectivity index is 1.47. The molecule has 1 atom stereocenters. The lowest BCUT2D eigenvalue weighted by Gasteiger charge is -2.20. The van der Waals surface area contributed by atoms with E-state index in [-0.39, 0.29) is 28.1 Å². The Bertz CT molecular complexity index is 1850. The van der Waals surface area contributed by atoms with Crippen LogP contribution in [0.25, 0.3) is 16.8 Å². The number of rotatable bonds is 6. The molecule has 228 valence electrons. The van der Waals surface area contributed by atoms with Crippen LogP contribution in [0.1, 0.15) is 70.4 Å². The fourth-order valence-corrected chi connectivity index (χ4v) is 4.56. The second kappa shape index (κ2) is 11.3. The quantitative estimate of drug-likeness (QED) is 0.215. The Morgan fingerprint density at radius 1 is 0.977 bits per heavy atom. The molecule has 0 saturated heterocycles. The zero-order valence-corrected chi connectivity index (χ0v) is 24.5. The van der Waals surface area contributed by atoms with Gasteiger partial charge in [0.15, 0.2) is 17.2 Å². The molecule has 0 aliphatic heterocycles. The van der Waals surface area contributed by atoms with Gasteiger partial charge in [0.05, 0.1) is 16.9 Å². The van der Waals surface area contributed by atoms with Gasteiger partial charge in [0.25, 0.3) is 5.91 Å². The van der Waals surface area contributed by atoms with E-state index in [4.69, 9.17) is 9.15 Å². The molecular formula is C32H29F3N4O5. The molecule has 5 rings (SSSR count). The van der Waals surface area contributed by atoms with Crippen molar-refractivity contribution in [3.63, 3.8) is 0 Å². The molecule has 1 amide bonds. The van der Waals surface area contributed by atoms with E-state index in [9.17, 15) is 27.9 Å². The third-order valence-electron chi connectivity index (χ3n) is 6.68. The zero-order chi connectivity index (χ0) is 32.0. The second-order valence-electron chi connectivity index (χ2n) is 11.2. The summed E-state index contributed by atoms with van der Waals surface area (Å²) in [7, 11) is 1.56. The number of carbonyl (C=O) groups excluding carboxylic acids is 2. The monoisotopic (exact) mass is 606 g/mol. The Hall–Kier alpha value is -4.97.